The molecule has 2 aliphatic rings. The topological polar surface area (TPSA) is 45.7 Å². The Morgan fingerprint density at radius 3 is 2.45 bits per heavy atom. The predicted octanol–water partition coefficient (Wildman–Crippen LogP) is 3.48. The van der Waals surface area contributed by atoms with Gasteiger partial charge in [-0.15, -0.1) is 0 Å². The van der Waals surface area contributed by atoms with Crippen LogP contribution in [0, 0.1) is 0 Å². The van der Waals surface area contributed by atoms with Crippen LogP contribution in [-0.2, 0) is 11.2 Å². The normalized spacial score (nSPS) is 18.2. The Bertz CT molecular complexity index is 807. The van der Waals surface area contributed by atoms with Crippen molar-refractivity contribution in [1.82, 2.24) is 14.8 Å². The molecule has 0 N–H and O–H groups in total. The van der Waals surface area contributed by atoms with E-state index in [-0.39, 0.29) is 0 Å². The Hall–Kier alpha value is -2.40. The quantitative estimate of drug-likeness (QED) is 0.754. The summed E-state index contributed by atoms with van der Waals surface area (Å²) in [6.07, 6.45) is 5.29. The molecule has 1 amide bonds. The SMILES string of the molecule is COc1ccc(Cc2cccc(C3CCN(C(=O)CN4CCCC4)CC3)n2)cc1. The molecule has 154 valence electrons. The highest BCUT2D eigenvalue weighted by atomic mass is 16.5. The van der Waals surface area contributed by atoms with Gasteiger partial charge in [0.1, 0.15) is 5.75 Å². The molecule has 4 rings (SSSR count). The first-order chi connectivity index (χ1) is 14.2. The smallest absolute Gasteiger partial charge is 0.236 e. The third-order valence-electron chi connectivity index (χ3n) is 6.20. The van der Waals surface area contributed by atoms with Gasteiger partial charge in [-0.1, -0.05) is 18.2 Å². The van der Waals surface area contributed by atoms with Gasteiger partial charge in [-0.25, -0.2) is 0 Å². The summed E-state index contributed by atoms with van der Waals surface area (Å²) in [7, 11) is 1.69. The Balaban J connectivity index is 1.32. The number of amides is 1. The minimum atomic E-state index is 0.298. The molecular weight excluding hydrogens is 362 g/mol. The number of nitrogens with zero attached hydrogens (tertiary/aromatic N) is 3. The van der Waals surface area contributed by atoms with Gasteiger partial charge in [0.15, 0.2) is 0 Å². The first kappa shape index (κ1) is 19.9. The molecule has 2 aliphatic heterocycles. The van der Waals surface area contributed by atoms with Crippen molar-refractivity contribution in [1.29, 1.82) is 0 Å². The second kappa shape index (κ2) is 9.40. The van der Waals surface area contributed by atoms with Crippen LogP contribution in [0.4, 0.5) is 0 Å². The number of hydrogen-bond acceptors (Lipinski definition) is 4. The van der Waals surface area contributed by atoms with Crippen molar-refractivity contribution in [3.8, 4) is 5.75 Å². The molecule has 5 heteroatoms. The van der Waals surface area contributed by atoms with Crippen LogP contribution < -0.4 is 4.74 Å². The molecule has 2 aromatic rings. The zero-order chi connectivity index (χ0) is 20.1. The molecule has 1 aromatic heterocycles. The van der Waals surface area contributed by atoms with Crippen molar-refractivity contribution in [3.05, 3.63) is 59.4 Å². The van der Waals surface area contributed by atoms with E-state index in [2.05, 4.69) is 40.1 Å². The van der Waals surface area contributed by atoms with Gasteiger partial charge in [0.05, 0.1) is 13.7 Å². The van der Waals surface area contributed by atoms with E-state index in [0.29, 0.717) is 18.4 Å². The number of likely N-dealkylation sites (tertiary alicyclic amines) is 2. The minimum Gasteiger partial charge on any atom is -0.497 e. The van der Waals surface area contributed by atoms with Gasteiger partial charge in [-0.05, 0) is 68.6 Å². The van der Waals surface area contributed by atoms with E-state index in [9.17, 15) is 4.79 Å². The van der Waals surface area contributed by atoms with Crippen LogP contribution in [0.15, 0.2) is 42.5 Å². The lowest BCUT2D eigenvalue weighted by Gasteiger charge is -2.33. The van der Waals surface area contributed by atoms with Gasteiger partial charge < -0.3 is 9.64 Å². The lowest BCUT2D eigenvalue weighted by atomic mass is 9.92. The monoisotopic (exact) mass is 393 g/mol. The van der Waals surface area contributed by atoms with Crippen LogP contribution in [0.25, 0.3) is 0 Å². The zero-order valence-corrected chi connectivity index (χ0v) is 17.3. The molecule has 5 nitrogen and oxygen atoms in total. The molecular formula is C24H31N3O2. The largest absolute Gasteiger partial charge is 0.497 e. The predicted molar refractivity (Wildman–Crippen MR) is 114 cm³/mol. The average Bonchev–Trinajstić information content (AvgIpc) is 3.28. The first-order valence-corrected chi connectivity index (χ1v) is 10.8. The lowest BCUT2D eigenvalue weighted by Crippen LogP contribution is -2.43. The van der Waals surface area contributed by atoms with Gasteiger partial charge in [0.2, 0.25) is 5.91 Å². The fourth-order valence-electron chi connectivity index (χ4n) is 4.43. The van der Waals surface area contributed by atoms with Crippen LogP contribution in [-0.4, -0.2) is 60.5 Å². The number of rotatable bonds is 6. The molecule has 0 saturated carbocycles. The average molecular weight is 394 g/mol. The number of ether oxygens (including phenoxy) is 1. The third kappa shape index (κ3) is 5.15. The number of aromatic nitrogens is 1. The van der Waals surface area contributed by atoms with Crippen molar-refractivity contribution >= 4 is 5.91 Å². The molecule has 0 unspecified atom stereocenters. The Kier molecular flexibility index (Phi) is 6.45. The zero-order valence-electron chi connectivity index (χ0n) is 17.3. The molecule has 2 saturated heterocycles. The van der Waals surface area contributed by atoms with E-state index < -0.39 is 0 Å². The molecule has 0 bridgehead atoms. The van der Waals surface area contributed by atoms with E-state index in [4.69, 9.17) is 9.72 Å². The highest BCUT2D eigenvalue weighted by molar-refractivity contribution is 5.78. The number of benzene rings is 1. The van der Waals surface area contributed by atoms with E-state index in [0.717, 1.165) is 56.9 Å². The summed E-state index contributed by atoms with van der Waals surface area (Å²) in [6.45, 7) is 4.45. The minimum absolute atomic E-state index is 0.298. The van der Waals surface area contributed by atoms with Crippen molar-refractivity contribution in [2.24, 2.45) is 0 Å². The highest BCUT2D eigenvalue weighted by Gasteiger charge is 2.26. The number of carbonyl (C=O) groups excluding carboxylic acids is 1. The van der Waals surface area contributed by atoms with Crippen molar-refractivity contribution < 1.29 is 9.53 Å². The highest BCUT2D eigenvalue weighted by Crippen LogP contribution is 2.27. The van der Waals surface area contributed by atoms with E-state index in [1.807, 2.05) is 12.1 Å². The van der Waals surface area contributed by atoms with Gasteiger partial charge in [-0.3, -0.25) is 14.7 Å². The lowest BCUT2D eigenvalue weighted by molar-refractivity contribution is -0.133. The molecule has 3 heterocycles. The van der Waals surface area contributed by atoms with Gasteiger partial charge in [-0.2, -0.15) is 0 Å². The van der Waals surface area contributed by atoms with Crippen LogP contribution in [0.3, 0.4) is 0 Å². The van der Waals surface area contributed by atoms with Crippen molar-refractivity contribution in [3.63, 3.8) is 0 Å². The fourth-order valence-corrected chi connectivity index (χ4v) is 4.43. The molecule has 0 spiro atoms. The van der Waals surface area contributed by atoms with Crippen molar-refractivity contribution in [2.45, 2.75) is 38.0 Å². The molecule has 2 fully saturated rings. The summed E-state index contributed by atoms with van der Waals surface area (Å²) in [4.78, 5) is 21.8. The maximum absolute atomic E-state index is 12.6. The number of hydrogen-bond donors (Lipinski definition) is 0. The summed E-state index contributed by atoms with van der Waals surface area (Å²) in [5, 5.41) is 0. The Morgan fingerprint density at radius 1 is 1.03 bits per heavy atom. The third-order valence-corrected chi connectivity index (χ3v) is 6.20. The summed E-state index contributed by atoms with van der Waals surface area (Å²) in [5.41, 5.74) is 3.50. The fraction of sp³-hybridized carbons (Fsp3) is 0.500. The second-order valence-electron chi connectivity index (χ2n) is 8.22. The summed E-state index contributed by atoms with van der Waals surface area (Å²) >= 11 is 0. The van der Waals surface area contributed by atoms with Crippen LogP contribution in [0.2, 0.25) is 0 Å². The number of carbonyl (C=O) groups is 1. The van der Waals surface area contributed by atoms with Gasteiger partial charge >= 0.3 is 0 Å². The molecule has 1 aromatic carbocycles. The molecule has 0 radical (unpaired) electrons. The van der Waals surface area contributed by atoms with Crippen LogP contribution in [0.1, 0.15) is 48.6 Å². The van der Waals surface area contributed by atoms with E-state index in [1.54, 1.807) is 7.11 Å². The maximum atomic E-state index is 12.6. The standard InChI is InChI=1S/C24H31N3O2/c1-29-22-9-7-19(8-10-22)17-21-5-4-6-23(25-21)20-11-15-27(16-12-20)24(28)18-26-13-2-3-14-26/h4-10,20H,2-3,11-18H2,1H3. The number of pyridine rings is 1. The second-order valence-corrected chi connectivity index (χ2v) is 8.22. The molecule has 29 heavy (non-hydrogen) atoms. The van der Waals surface area contributed by atoms with E-state index in [1.165, 1.54) is 24.1 Å². The van der Waals surface area contributed by atoms with Gasteiger partial charge in [0.25, 0.3) is 0 Å². The number of piperidine rings is 1. The van der Waals surface area contributed by atoms with Crippen LogP contribution in [0.5, 0.6) is 5.75 Å². The van der Waals surface area contributed by atoms with Crippen molar-refractivity contribution in [2.75, 3.05) is 39.8 Å². The Morgan fingerprint density at radius 2 is 1.76 bits per heavy atom. The van der Waals surface area contributed by atoms with Gasteiger partial charge in [0, 0.05) is 36.8 Å². The molecule has 0 atom stereocenters. The maximum Gasteiger partial charge on any atom is 0.236 e. The summed E-state index contributed by atoms with van der Waals surface area (Å²) in [5.74, 6) is 1.62. The van der Waals surface area contributed by atoms with Crippen LogP contribution >= 0.6 is 0 Å². The summed E-state index contributed by atoms with van der Waals surface area (Å²) in [6, 6.07) is 14.5. The first-order valence-electron chi connectivity index (χ1n) is 10.8. The molecule has 0 aliphatic carbocycles. The Labute approximate surface area is 173 Å². The summed E-state index contributed by atoms with van der Waals surface area (Å²) < 4.78 is 5.23. The number of methoxy groups -OCH3 is 1. The van der Waals surface area contributed by atoms with E-state index >= 15 is 0 Å².